The second kappa shape index (κ2) is 13.1. The van der Waals surface area contributed by atoms with E-state index in [2.05, 4.69) is 31.2 Å². The van der Waals surface area contributed by atoms with Crippen molar-refractivity contribution in [3.63, 3.8) is 0 Å². The highest BCUT2D eigenvalue weighted by molar-refractivity contribution is 6.54. The summed E-state index contributed by atoms with van der Waals surface area (Å²) < 4.78 is 5.13. The number of ether oxygens (including phenoxy) is 1. The van der Waals surface area contributed by atoms with E-state index in [9.17, 15) is 0 Å². The summed E-state index contributed by atoms with van der Waals surface area (Å²) in [6, 6.07) is 0. The Bertz CT molecular complexity index is 48.8. The Morgan fingerprint density at radius 3 is 1.36 bits per heavy atom. The summed E-state index contributed by atoms with van der Waals surface area (Å²) in [4.78, 5) is 0. The van der Waals surface area contributed by atoms with E-state index < -0.39 is 0 Å². The lowest BCUT2D eigenvalue weighted by Crippen LogP contribution is -1.92. The molecule has 0 N–H and O–H groups in total. The van der Waals surface area contributed by atoms with Gasteiger partial charge in [-0.25, -0.2) is 0 Å². The molecule has 0 amide bonds. The summed E-state index contributed by atoms with van der Waals surface area (Å²) >= 11 is -0.139. The second-order valence-corrected chi connectivity index (χ2v) is 6.81. The van der Waals surface area contributed by atoms with Crippen molar-refractivity contribution >= 4 is 14.1 Å². The van der Waals surface area contributed by atoms with Crippen LogP contribution in [0, 0.1) is 0 Å². The van der Waals surface area contributed by atoms with Crippen LogP contribution in [0.3, 0.4) is 0 Å². The summed E-state index contributed by atoms with van der Waals surface area (Å²) in [5, 5.41) is 0. The van der Waals surface area contributed by atoms with Crippen LogP contribution in [0.25, 0.3) is 0 Å². The number of hydrogen-bond acceptors (Lipinski definition) is 1. The molecule has 0 rings (SSSR count). The Labute approximate surface area is 76.5 Å². The fraction of sp³-hybridized carbons (Fsp3) is 1.00. The molecule has 0 saturated heterocycles. The Hall–Kier alpha value is 0.492. The van der Waals surface area contributed by atoms with Gasteiger partial charge in [0, 0.05) is 13.2 Å². The third-order valence-corrected chi connectivity index (χ3v) is 0.697. The predicted molar refractivity (Wildman–Crippen MR) is 54.7 cm³/mol. The van der Waals surface area contributed by atoms with Crippen molar-refractivity contribution in [1.29, 1.82) is 0 Å². The molecule has 0 fully saturated rings. The lowest BCUT2D eigenvalue weighted by molar-refractivity contribution is 0.135. The predicted octanol–water partition coefficient (Wildman–Crippen LogP) is 3.19. The topological polar surface area (TPSA) is 9.23 Å². The van der Waals surface area contributed by atoms with Gasteiger partial charge in [0.15, 0.2) is 0 Å². The first-order valence-electron chi connectivity index (χ1n) is 4.72. The molecule has 0 bridgehead atoms. The smallest absolute Gasteiger partial charge is 0.251 e. The van der Waals surface area contributed by atoms with Crippen molar-refractivity contribution in [3.05, 3.63) is 0 Å². The van der Waals surface area contributed by atoms with Crippen LogP contribution >= 0.6 is 0 Å². The van der Waals surface area contributed by atoms with Gasteiger partial charge in [-0.1, -0.05) is 13.8 Å². The van der Waals surface area contributed by atoms with E-state index in [1.165, 1.54) is 0 Å². The maximum atomic E-state index is 5.13. The van der Waals surface area contributed by atoms with E-state index in [0.717, 1.165) is 26.1 Å². The van der Waals surface area contributed by atoms with Gasteiger partial charge < -0.3 is 4.74 Å². The van der Waals surface area contributed by atoms with Crippen LogP contribution in [0.1, 0.15) is 26.7 Å². The average molecular weight is 174 g/mol. The molecule has 0 aromatic rings. The lowest BCUT2D eigenvalue weighted by Gasteiger charge is -1.95. The fourth-order valence-corrected chi connectivity index (χ4v) is 0.391. The Morgan fingerprint density at radius 1 is 0.909 bits per heavy atom. The van der Waals surface area contributed by atoms with Crippen molar-refractivity contribution in [1.82, 2.24) is 0 Å². The summed E-state index contributed by atoms with van der Waals surface area (Å²) in [7, 11) is 0. The highest BCUT2D eigenvalue weighted by Gasteiger charge is 1.82. The van der Waals surface area contributed by atoms with E-state index in [1.807, 2.05) is 0 Å². The molecule has 0 atom stereocenters. The Balaban J connectivity index is 0. The quantitative estimate of drug-likeness (QED) is 0.470. The van der Waals surface area contributed by atoms with Gasteiger partial charge in [0.2, 0.25) is 0 Å². The summed E-state index contributed by atoms with van der Waals surface area (Å²) in [5.74, 6) is 6.92. The summed E-state index contributed by atoms with van der Waals surface area (Å²) in [5.41, 5.74) is 0. The van der Waals surface area contributed by atoms with Crippen LogP contribution in [0.4, 0.5) is 0 Å². The van der Waals surface area contributed by atoms with E-state index in [1.54, 1.807) is 0 Å². The van der Waals surface area contributed by atoms with Gasteiger partial charge in [-0.2, -0.15) is 0 Å². The van der Waals surface area contributed by atoms with Crippen LogP contribution in [-0.4, -0.2) is 27.4 Å². The second-order valence-electron chi connectivity index (χ2n) is 3.34. The molecule has 1 nitrogen and oxygen atoms in total. The fourth-order valence-electron chi connectivity index (χ4n) is 0.391. The molecule has 0 unspecified atom stereocenters. The van der Waals surface area contributed by atoms with Gasteiger partial charge in [0.1, 0.15) is 0 Å². The lowest BCUT2D eigenvalue weighted by atomic mass is 10.5. The minimum absolute atomic E-state index is 0.139. The molecule has 0 aromatic carbocycles. The summed E-state index contributed by atoms with van der Waals surface area (Å²) in [6.07, 6.45) is 2.28. The third kappa shape index (κ3) is 37.5. The SMILES string of the molecule is CCCOCCC.[CH3][Al]([CH3])[CH3]. The monoisotopic (exact) mass is 174 g/mol. The number of hydrogen-bond donors (Lipinski definition) is 0. The maximum absolute atomic E-state index is 5.13. The average Bonchev–Trinajstić information content (AvgIpc) is 1.88. The largest absolute Gasteiger partial charge is 0.381 e. The van der Waals surface area contributed by atoms with Crippen LogP contribution in [-0.2, 0) is 4.74 Å². The molecular formula is C9H23AlO. The van der Waals surface area contributed by atoms with Gasteiger partial charge in [-0.3, -0.25) is 0 Å². The van der Waals surface area contributed by atoms with Crippen LogP contribution in [0.5, 0.6) is 0 Å². The molecular weight excluding hydrogens is 151 g/mol. The minimum atomic E-state index is -0.139. The van der Waals surface area contributed by atoms with Crippen LogP contribution in [0.2, 0.25) is 17.4 Å². The highest BCUT2D eigenvalue weighted by atomic mass is 27.2. The van der Waals surface area contributed by atoms with Crippen LogP contribution in [0.15, 0.2) is 0 Å². The molecule has 11 heavy (non-hydrogen) atoms. The van der Waals surface area contributed by atoms with E-state index in [-0.39, 0.29) is 14.1 Å². The maximum Gasteiger partial charge on any atom is 0.251 e. The van der Waals surface area contributed by atoms with E-state index in [0.29, 0.717) is 0 Å². The first-order chi connectivity index (χ1) is 5.15. The molecule has 0 spiro atoms. The molecule has 0 aliphatic heterocycles. The normalized spacial score (nSPS) is 8.45. The third-order valence-electron chi connectivity index (χ3n) is 0.697. The first kappa shape index (κ1) is 14.0. The highest BCUT2D eigenvalue weighted by Crippen LogP contribution is 1.81. The minimum Gasteiger partial charge on any atom is -0.381 e. The van der Waals surface area contributed by atoms with Crippen LogP contribution < -0.4 is 0 Å². The summed E-state index contributed by atoms with van der Waals surface area (Å²) in [6.45, 7) is 6.09. The molecule has 0 saturated carbocycles. The zero-order chi connectivity index (χ0) is 9.11. The van der Waals surface area contributed by atoms with Gasteiger partial charge in [0.05, 0.1) is 0 Å². The van der Waals surface area contributed by atoms with Gasteiger partial charge in [0.25, 0.3) is 14.1 Å². The molecule has 0 heterocycles. The van der Waals surface area contributed by atoms with Crippen molar-refractivity contribution in [2.45, 2.75) is 44.0 Å². The number of rotatable bonds is 4. The Morgan fingerprint density at radius 2 is 1.18 bits per heavy atom. The van der Waals surface area contributed by atoms with Crippen molar-refractivity contribution in [3.8, 4) is 0 Å². The molecule has 0 aromatic heterocycles. The van der Waals surface area contributed by atoms with E-state index in [4.69, 9.17) is 4.74 Å². The Kier molecular flexibility index (Phi) is 16.7. The molecule has 0 aliphatic carbocycles. The van der Waals surface area contributed by atoms with Crippen molar-refractivity contribution in [2.24, 2.45) is 0 Å². The zero-order valence-corrected chi connectivity index (χ0v) is 9.97. The zero-order valence-electron chi connectivity index (χ0n) is 8.81. The van der Waals surface area contributed by atoms with Crippen molar-refractivity contribution in [2.75, 3.05) is 13.2 Å². The molecule has 0 aliphatic rings. The van der Waals surface area contributed by atoms with Gasteiger partial charge in [-0.05, 0) is 12.8 Å². The first-order valence-corrected chi connectivity index (χ1v) is 8.19. The molecule has 68 valence electrons. The van der Waals surface area contributed by atoms with Crippen molar-refractivity contribution < 1.29 is 4.74 Å². The van der Waals surface area contributed by atoms with Gasteiger partial charge >= 0.3 is 0 Å². The van der Waals surface area contributed by atoms with E-state index >= 15 is 0 Å². The van der Waals surface area contributed by atoms with Gasteiger partial charge in [-0.15, -0.1) is 17.4 Å². The molecule has 0 radical (unpaired) electrons. The standard InChI is InChI=1S/C6H14O.3CH3.Al/c1-3-5-7-6-4-2;;;;/h3-6H2,1-2H3;3*1H3;. The molecule has 2 heteroatoms.